The Kier molecular flexibility index (Phi) is 6.17. The third-order valence-corrected chi connectivity index (χ3v) is 7.59. The molecule has 0 saturated carbocycles. The van der Waals surface area contributed by atoms with E-state index in [1.54, 1.807) is 34.1 Å². The van der Waals surface area contributed by atoms with E-state index in [0.29, 0.717) is 25.9 Å². The average molecular weight is 408 g/mol. The summed E-state index contributed by atoms with van der Waals surface area (Å²) >= 11 is 0. The van der Waals surface area contributed by atoms with Gasteiger partial charge in [-0.1, -0.05) is 26.0 Å². The lowest BCUT2D eigenvalue weighted by atomic mass is 10.1. The Bertz CT molecular complexity index is 914. The number of halogens is 1. The molecule has 1 aromatic carbocycles. The second-order valence-electron chi connectivity index (χ2n) is 7.74. The number of amides is 1. The number of nitrogens with zero attached hydrogens (tertiary/aromatic N) is 3. The van der Waals surface area contributed by atoms with Crippen molar-refractivity contribution in [3.8, 4) is 11.1 Å². The first-order chi connectivity index (χ1) is 13.2. The van der Waals surface area contributed by atoms with Crippen LogP contribution in [0.2, 0.25) is 0 Å². The number of benzene rings is 1. The molecule has 8 heteroatoms. The van der Waals surface area contributed by atoms with Gasteiger partial charge in [-0.25, -0.2) is 12.8 Å². The number of rotatable bonds is 6. The normalized spacial score (nSPS) is 15.9. The standard InChI is InChI=1S/C20H26FN3O3S/c1-15(2)14-28(26,27)19-7-9-23(10-8-19)20(25)13-24-12-17(11-22-24)16-3-5-18(21)6-4-16/h3-6,11-12,15,19H,7-10,13-14H2,1-2H3. The van der Waals surface area contributed by atoms with Gasteiger partial charge in [0.2, 0.25) is 5.91 Å². The SMILES string of the molecule is CC(C)CS(=O)(=O)C1CCN(C(=O)Cn2cc(-c3ccc(F)cc3)cn2)CC1. The average Bonchev–Trinajstić information content (AvgIpc) is 3.10. The fraction of sp³-hybridized carbons (Fsp3) is 0.500. The van der Waals surface area contributed by atoms with Gasteiger partial charge in [-0.05, 0) is 36.5 Å². The summed E-state index contributed by atoms with van der Waals surface area (Å²) in [5.74, 6) is -0.0659. The Morgan fingerprint density at radius 1 is 1.18 bits per heavy atom. The van der Waals surface area contributed by atoms with Crippen molar-refractivity contribution in [2.45, 2.75) is 38.5 Å². The Hall–Kier alpha value is -2.22. The van der Waals surface area contributed by atoms with Gasteiger partial charge in [-0.15, -0.1) is 0 Å². The summed E-state index contributed by atoms with van der Waals surface area (Å²) in [7, 11) is -3.10. The molecule has 1 aliphatic heterocycles. The van der Waals surface area contributed by atoms with Crippen molar-refractivity contribution in [2.24, 2.45) is 5.92 Å². The number of sulfone groups is 1. The minimum Gasteiger partial charge on any atom is -0.341 e. The third kappa shape index (κ3) is 4.98. The molecule has 1 amide bonds. The molecule has 1 saturated heterocycles. The zero-order valence-electron chi connectivity index (χ0n) is 16.2. The van der Waals surface area contributed by atoms with Crippen molar-refractivity contribution in [2.75, 3.05) is 18.8 Å². The highest BCUT2D eigenvalue weighted by molar-refractivity contribution is 7.92. The minimum atomic E-state index is -3.10. The van der Waals surface area contributed by atoms with Gasteiger partial charge in [0.15, 0.2) is 9.84 Å². The van der Waals surface area contributed by atoms with Crippen LogP contribution in [0.3, 0.4) is 0 Å². The molecule has 6 nitrogen and oxygen atoms in total. The van der Waals surface area contributed by atoms with Gasteiger partial charge in [0, 0.05) is 24.8 Å². The van der Waals surface area contributed by atoms with Gasteiger partial charge >= 0.3 is 0 Å². The predicted octanol–water partition coefficient (Wildman–Crippen LogP) is 2.75. The summed E-state index contributed by atoms with van der Waals surface area (Å²) < 4.78 is 39.4. The van der Waals surface area contributed by atoms with Crippen molar-refractivity contribution >= 4 is 15.7 Å². The van der Waals surface area contributed by atoms with Crippen LogP contribution in [0, 0.1) is 11.7 Å². The highest BCUT2D eigenvalue weighted by Gasteiger charge is 2.31. The smallest absolute Gasteiger partial charge is 0.244 e. The van der Waals surface area contributed by atoms with Gasteiger partial charge in [0.25, 0.3) is 0 Å². The molecule has 2 aromatic rings. The monoisotopic (exact) mass is 407 g/mol. The molecule has 0 unspecified atom stereocenters. The highest BCUT2D eigenvalue weighted by atomic mass is 32.2. The molecule has 0 N–H and O–H groups in total. The van der Waals surface area contributed by atoms with Crippen LogP contribution in [0.1, 0.15) is 26.7 Å². The topological polar surface area (TPSA) is 72.3 Å². The van der Waals surface area contributed by atoms with Crippen LogP contribution in [-0.2, 0) is 21.2 Å². The van der Waals surface area contributed by atoms with Crippen LogP contribution in [-0.4, -0.2) is 53.1 Å². The minimum absolute atomic E-state index is 0.0755. The lowest BCUT2D eigenvalue weighted by Crippen LogP contribution is -2.44. The number of piperidine rings is 1. The van der Waals surface area contributed by atoms with Crippen molar-refractivity contribution in [3.63, 3.8) is 0 Å². The summed E-state index contributed by atoms with van der Waals surface area (Å²) in [6.07, 6.45) is 4.37. The molecule has 0 spiro atoms. The van der Waals surface area contributed by atoms with E-state index in [4.69, 9.17) is 0 Å². The summed E-state index contributed by atoms with van der Waals surface area (Å²) in [4.78, 5) is 14.3. The molecule has 0 bridgehead atoms. The molecule has 0 atom stereocenters. The maximum Gasteiger partial charge on any atom is 0.244 e. The molecule has 1 aliphatic rings. The van der Waals surface area contributed by atoms with Gasteiger partial charge in [0.05, 0.1) is 17.2 Å². The van der Waals surface area contributed by atoms with Gasteiger partial charge in [-0.3, -0.25) is 9.48 Å². The molecular weight excluding hydrogens is 381 g/mol. The summed E-state index contributed by atoms with van der Waals surface area (Å²) in [5.41, 5.74) is 1.64. The molecule has 1 fully saturated rings. The molecule has 28 heavy (non-hydrogen) atoms. The number of aromatic nitrogens is 2. The maximum absolute atomic E-state index is 13.0. The van der Waals surface area contributed by atoms with Crippen LogP contribution < -0.4 is 0 Å². The van der Waals surface area contributed by atoms with Crippen LogP contribution in [0.25, 0.3) is 11.1 Å². The number of hydrogen-bond donors (Lipinski definition) is 0. The van der Waals surface area contributed by atoms with Crippen molar-refractivity contribution in [3.05, 3.63) is 42.5 Å². The lowest BCUT2D eigenvalue weighted by molar-refractivity contribution is -0.132. The highest BCUT2D eigenvalue weighted by Crippen LogP contribution is 2.21. The molecule has 152 valence electrons. The predicted molar refractivity (Wildman–Crippen MR) is 106 cm³/mol. The van der Waals surface area contributed by atoms with E-state index in [1.165, 1.54) is 12.1 Å². The van der Waals surface area contributed by atoms with Crippen LogP contribution in [0.5, 0.6) is 0 Å². The van der Waals surface area contributed by atoms with E-state index in [2.05, 4.69) is 5.10 Å². The number of carbonyl (C=O) groups excluding carboxylic acids is 1. The van der Waals surface area contributed by atoms with E-state index in [-0.39, 0.29) is 35.2 Å². The molecule has 2 heterocycles. The molecule has 0 radical (unpaired) electrons. The van der Waals surface area contributed by atoms with Crippen molar-refractivity contribution < 1.29 is 17.6 Å². The number of hydrogen-bond acceptors (Lipinski definition) is 4. The van der Waals surface area contributed by atoms with E-state index >= 15 is 0 Å². The Balaban J connectivity index is 1.56. The Morgan fingerprint density at radius 2 is 1.82 bits per heavy atom. The van der Waals surface area contributed by atoms with E-state index in [9.17, 15) is 17.6 Å². The van der Waals surface area contributed by atoms with E-state index < -0.39 is 9.84 Å². The second kappa shape index (κ2) is 8.43. The number of carbonyl (C=O) groups is 1. The molecule has 3 rings (SSSR count). The van der Waals surface area contributed by atoms with Crippen molar-refractivity contribution in [1.29, 1.82) is 0 Å². The summed E-state index contributed by atoms with van der Waals surface area (Å²) in [6.45, 7) is 4.81. The first-order valence-electron chi connectivity index (χ1n) is 9.52. The number of likely N-dealkylation sites (tertiary alicyclic amines) is 1. The fourth-order valence-electron chi connectivity index (χ4n) is 3.55. The molecular formula is C20H26FN3O3S. The molecule has 1 aromatic heterocycles. The quantitative estimate of drug-likeness (QED) is 0.738. The van der Waals surface area contributed by atoms with E-state index in [0.717, 1.165) is 11.1 Å². The van der Waals surface area contributed by atoms with E-state index in [1.807, 2.05) is 13.8 Å². The maximum atomic E-state index is 13.0. The fourth-order valence-corrected chi connectivity index (χ4v) is 5.68. The summed E-state index contributed by atoms with van der Waals surface area (Å²) in [6, 6.07) is 6.10. The first-order valence-corrected chi connectivity index (χ1v) is 11.2. The lowest BCUT2D eigenvalue weighted by Gasteiger charge is -2.32. The Morgan fingerprint density at radius 3 is 2.43 bits per heavy atom. The Labute approximate surface area is 165 Å². The van der Waals surface area contributed by atoms with Gasteiger partial charge < -0.3 is 4.90 Å². The van der Waals surface area contributed by atoms with Crippen LogP contribution >= 0.6 is 0 Å². The van der Waals surface area contributed by atoms with Crippen molar-refractivity contribution in [1.82, 2.24) is 14.7 Å². The van der Waals surface area contributed by atoms with Gasteiger partial charge in [-0.2, -0.15) is 5.10 Å². The zero-order valence-corrected chi connectivity index (χ0v) is 17.0. The third-order valence-electron chi connectivity index (χ3n) is 4.98. The van der Waals surface area contributed by atoms with Gasteiger partial charge in [0.1, 0.15) is 12.4 Å². The largest absolute Gasteiger partial charge is 0.341 e. The molecule has 0 aliphatic carbocycles. The van der Waals surface area contributed by atoms with Crippen LogP contribution in [0.15, 0.2) is 36.7 Å². The zero-order chi connectivity index (χ0) is 20.3. The first kappa shape index (κ1) is 20.5. The second-order valence-corrected chi connectivity index (χ2v) is 10.1. The van der Waals surface area contributed by atoms with Crippen LogP contribution in [0.4, 0.5) is 4.39 Å². The summed E-state index contributed by atoms with van der Waals surface area (Å²) in [5, 5.41) is 3.86.